The van der Waals surface area contributed by atoms with Gasteiger partial charge in [0.15, 0.2) is 5.11 Å². The normalized spacial score (nSPS) is 22.5. The van der Waals surface area contributed by atoms with Gasteiger partial charge >= 0.3 is 0 Å². The molecule has 4 aromatic rings. The minimum atomic E-state index is -0.114. The average molecular weight is 598 g/mol. The number of benzene rings is 2. The van der Waals surface area contributed by atoms with E-state index in [0.717, 1.165) is 41.6 Å². The molecule has 42 heavy (non-hydrogen) atoms. The van der Waals surface area contributed by atoms with E-state index in [-0.39, 0.29) is 12.1 Å². The number of nitrogens with zero attached hydrogens (tertiary/aromatic N) is 4. The molecule has 2 aromatic carbocycles. The summed E-state index contributed by atoms with van der Waals surface area (Å²) in [5.41, 5.74) is 9.15. The Hall–Kier alpha value is -3.35. The first-order valence-electron chi connectivity index (χ1n) is 15.1. The number of halogens is 1. The Bertz CT molecular complexity index is 1570. The van der Waals surface area contributed by atoms with Gasteiger partial charge in [-0.05, 0) is 110 Å². The molecule has 0 saturated carbocycles. The number of piperidine rings is 1. The van der Waals surface area contributed by atoms with Gasteiger partial charge in [-0.3, -0.25) is 4.98 Å². The zero-order valence-electron chi connectivity index (χ0n) is 25.1. The van der Waals surface area contributed by atoms with Crippen LogP contribution in [0, 0.1) is 25.7 Å². The van der Waals surface area contributed by atoms with Crippen LogP contribution in [0.5, 0.6) is 0 Å². The number of pyridine rings is 1. The van der Waals surface area contributed by atoms with E-state index < -0.39 is 0 Å². The van der Waals surface area contributed by atoms with Crippen molar-refractivity contribution in [1.29, 1.82) is 0 Å². The molecule has 0 aliphatic carbocycles. The van der Waals surface area contributed by atoms with Crippen molar-refractivity contribution in [3.63, 3.8) is 0 Å². The summed E-state index contributed by atoms with van der Waals surface area (Å²) in [6, 6.07) is 23.5. The number of hydrogen-bond acceptors (Lipinski definition) is 3. The Kier molecular flexibility index (Phi) is 8.03. The molecule has 7 heteroatoms. The molecule has 2 saturated heterocycles. The minimum absolute atomic E-state index is 0.0980. The van der Waals surface area contributed by atoms with Gasteiger partial charge in [0.1, 0.15) is 0 Å². The average Bonchev–Trinajstić information content (AvgIpc) is 3.47. The van der Waals surface area contributed by atoms with Gasteiger partial charge in [-0.1, -0.05) is 50.6 Å². The summed E-state index contributed by atoms with van der Waals surface area (Å²) in [5, 5.41) is 5.06. The van der Waals surface area contributed by atoms with Crippen molar-refractivity contribution in [1.82, 2.24) is 14.9 Å². The van der Waals surface area contributed by atoms with Gasteiger partial charge in [0.05, 0.1) is 28.5 Å². The maximum absolute atomic E-state index is 7.05. The first-order valence-corrected chi connectivity index (χ1v) is 15.9. The van der Waals surface area contributed by atoms with Crippen LogP contribution in [0.4, 0.5) is 11.4 Å². The van der Waals surface area contributed by atoms with E-state index in [1.165, 1.54) is 34.6 Å². The molecule has 0 spiro atoms. The first-order chi connectivity index (χ1) is 20.2. The summed E-state index contributed by atoms with van der Waals surface area (Å²) in [6.45, 7) is 13.3. The lowest BCUT2D eigenvalue weighted by Crippen LogP contribution is -2.38. The van der Waals surface area contributed by atoms with Gasteiger partial charge in [-0.15, -0.1) is 0 Å². The molecule has 6 rings (SSSR count). The fraction of sp³-hybridized carbons (Fsp3) is 0.371. The zero-order chi connectivity index (χ0) is 29.5. The lowest BCUT2D eigenvalue weighted by Gasteiger charge is -2.37. The molecule has 0 unspecified atom stereocenters. The molecule has 0 radical (unpaired) electrons. The van der Waals surface area contributed by atoms with E-state index in [9.17, 15) is 0 Å². The summed E-state index contributed by atoms with van der Waals surface area (Å²) < 4.78 is 2.35. The predicted octanol–water partition coefficient (Wildman–Crippen LogP) is 8.36. The van der Waals surface area contributed by atoms with Crippen LogP contribution < -0.4 is 15.1 Å². The van der Waals surface area contributed by atoms with Crippen molar-refractivity contribution >= 4 is 40.3 Å². The first kappa shape index (κ1) is 28.8. The highest BCUT2D eigenvalue weighted by Crippen LogP contribution is 2.45. The SMILES string of the molecule is CCc1ccc(-n2c(C)cc([C@@H]3[C@H](c4ccccn4)NC(=S)N3c3ccc(N4C[C@H](C)C[C@H](C)C4)c(Cl)c3)c2C)cc1. The molecule has 4 heterocycles. The fourth-order valence-electron chi connectivity index (χ4n) is 7.08. The zero-order valence-corrected chi connectivity index (χ0v) is 26.7. The Balaban J connectivity index is 1.43. The molecule has 2 fully saturated rings. The van der Waals surface area contributed by atoms with Gasteiger partial charge in [-0.25, -0.2) is 0 Å². The van der Waals surface area contributed by atoms with E-state index in [1.807, 2.05) is 18.3 Å². The summed E-state index contributed by atoms with van der Waals surface area (Å²) in [7, 11) is 0. The summed E-state index contributed by atoms with van der Waals surface area (Å²) in [5.74, 6) is 1.30. The predicted molar refractivity (Wildman–Crippen MR) is 179 cm³/mol. The van der Waals surface area contributed by atoms with Crippen LogP contribution in [0.15, 0.2) is 72.9 Å². The second-order valence-electron chi connectivity index (χ2n) is 12.2. The van der Waals surface area contributed by atoms with E-state index in [0.29, 0.717) is 16.9 Å². The van der Waals surface area contributed by atoms with E-state index in [4.69, 9.17) is 28.8 Å². The lowest BCUT2D eigenvalue weighted by molar-refractivity contribution is 0.357. The van der Waals surface area contributed by atoms with Gasteiger partial charge < -0.3 is 19.7 Å². The molecule has 0 amide bonds. The maximum atomic E-state index is 7.05. The van der Waals surface area contributed by atoms with Crippen LogP contribution in [0.3, 0.4) is 0 Å². The van der Waals surface area contributed by atoms with Crippen LogP contribution in [-0.2, 0) is 6.42 Å². The second-order valence-corrected chi connectivity index (χ2v) is 13.0. The lowest BCUT2D eigenvalue weighted by atomic mass is 9.91. The highest BCUT2D eigenvalue weighted by atomic mass is 35.5. The van der Waals surface area contributed by atoms with E-state index >= 15 is 0 Å². The second kappa shape index (κ2) is 11.7. The molecule has 0 bridgehead atoms. The van der Waals surface area contributed by atoms with Gasteiger partial charge in [-0.2, -0.15) is 0 Å². The van der Waals surface area contributed by atoms with Crippen molar-refractivity contribution < 1.29 is 0 Å². The molecular formula is C35H40ClN5S. The summed E-state index contributed by atoms with van der Waals surface area (Å²) >= 11 is 13.1. The monoisotopic (exact) mass is 597 g/mol. The molecule has 1 N–H and O–H groups in total. The Morgan fingerprint density at radius 2 is 1.67 bits per heavy atom. The van der Waals surface area contributed by atoms with Crippen LogP contribution in [0.1, 0.15) is 67.5 Å². The van der Waals surface area contributed by atoms with Gasteiger partial charge in [0.25, 0.3) is 0 Å². The molecule has 5 nitrogen and oxygen atoms in total. The number of aryl methyl sites for hydroxylation is 2. The smallest absolute Gasteiger partial charge is 0.174 e. The molecule has 4 atom stereocenters. The highest BCUT2D eigenvalue weighted by molar-refractivity contribution is 7.80. The van der Waals surface area contributed by atoms with Crippen molar-refractivity contribution in [3.8, 4) is 5.69 Å². The number of nitrogens with one attached hydrogen (secondary N) is 1. The summed E-state index contributed by atoms with van der Waals surface area (Å²) in [6.07, 6.45) is 4.14. The van der Waals surface area contributed by atoms with Crippen LogP contribution in [-0.4, -0.2) is 27.8 Å². The van der Waals surface area contributed by atoms with Crippen molar-refractivity contribution in [2.45, 2.75) is 59.5 Å². The number of rotatable bonds is 6. The molecule has 2 aliphatic rings. The molecule has 2 aliphatic heterocycles. The Labute approximate surface area is 260 Å². The van der Waals surface area contributed by atoms with Crippen molar-refractivity contribution in [2.75, 3.05) is 22.9 Å². The third kappa shape index (κ3) is 5.31. The third-order valence-corrected chi connectivity index (χ3v) is 9.53. The van der Waals surface area contributed by atoms with E-state index in [1.54, 1.807) is 0 Å². The quantitative estimate of drug-likeness (QED) is 0.226. The van der Waals surface area contributed by atoms with Gasteiger partial charge in [0, 0.05) is 42.0 Å². The largest absolute Gasteiger partial charge is 0.370 e. The van der Waals surface area contributed by atoms with Crippen LogP contribution >= 0.6 is 23.8 Å². The minimum Gasteiger partial charge on any atom is -0.370 e. The number of anilines is 2. The Morgan fingerprint density at radius 1 is 0.952 bits per heavy atom. The van der Waals surface area contributed by atoms with Crippen LogP contribution in [0.25, 0.3) is 5.69 Å². The standard InChI is InChI=1S/C35H40ClN5S/c1-6-26-10-12-27(13-11-26)40-24(4)18-29(25(40)5)34-33(31-9-7-8-16-37-31)38-35(42)41(34)28-14-15-32(30(36)19-28)39-20-22(2)17-23(3)21-39/h7-16,18-19,22-23,33-34H,6,17,20-21H2,1-5H3,(H,38,42)/t22-,23+,33-,34+/m0/s1. The Morgan fingerprint density at radius 3 is 2.31 bits per heavy atom. The van der Waals surface area contributed by atoms with Crippen molar-refractivity contribution in [2.24, 2.45) is 11.8 Å². The summed E-state index contributed by atoms with van der Waals surface area (Å²) in [4.78, 5) is 9.43. The number of aromatic nitrogens is 2. The molecule has 2 aromatic heterocycles. The highest BCUT2D eigenvalue weighted by Gasteiger charge is 2.42. The number of hydrogen-bond donors (Lipinski definition) is 1. The molecular weight excluding hydrogens is 558 g/mol. The maximum Gasteiger partial charge on any atom is 0.174 e. The third-order valence-electron chi connectivity index (χ3n) is 8.91. The fourth-order valence-corrected chi connectivity index (χ4v) is 7.72. The van der Waals surface area contributed by atoms with Crippen molar-refractivity contribution in [3.05, 3.63) is 106 Å². The molecule has 218 valence electrons. The van der Waals surface area contributed by atoms with Crippen LogP contribution in [0.2, 0.25) is 5.02 Å². The topological polar surface area (TPSA) is 36.3 Å². The van der Waals surface area contributed by atoms with Gasteiger partial charge in [0.2, 0.25) is 0 Å². The number of thiocarbonyl (C=S) groups is 1. The van der Waals surface area contributed by atoms with E-state index in [2.05, 4.69) is 109 Å².